The molecule has 0 radical (unpaired) electrons. The molecule has 2 rings (SSSR count). The average molecular weight is 326 g/mol. The Kier molecular flexibility index (Phi) is 5.95. The average Bonchev–Trinajstić information content (AvgIpc) is 2.57. The largest absolute Gasteiger partial charge is 0.497 e. The first kappa shape index (κ1) is 17.5. The summed E-state index contributed by atoms with van der Waals surface area (Å²) in [6.45, 7) is 3.81. The molecule has 0 heterocycles. The molecular weight excluding hydrogens is 304 g/mol. The molecule has 0 spiro atoms. The molecule has 0 saturated carbocycles. The van der Waals surface area contributed by atoms with E-state index in [-0.39, 0.29) is 11.8 Å². The van der Waals surface area contributed by atoms with Gasteiger partial charge in [0.2, 0.25) is 0 Å². The molecule has 0 aliphatic heterocycles. The summed E-state index contributed by atoms with van der Waals surface area (Å²) in [6.07, 6.45) is 0.892. The number of anilines is 2. The van der Waals surface area contributed by atoms with Gasteiger partial charge in [0.15, 0.2) is 0 Å². The Hall–Kier alpha value is -2.82. The molecule has 0 unspecified atom stereocenters. The molecule has 2 amide bonds. The number of methoxy groups -OCH3 is 1. The van der Waals surface area contributed by atoms with E-state index in [1.807, 2.05) is 32.0 Å². The number of Topliss-reactive ketones (excluding diaryl/α,β-unsaturated/α-hetero) is 1. The minimum absolute atomic E-state index is 0.177. The van der Waals surface area contributed by atoms with E-state index in [2.05, 4.69) is 10.6 Å². The summed E-state index contributed by atoms with van der Waals surface area (Å²) < 4.78 is 5.13. The number of benzene rings is 2. The number of hydrogen-bond donors (Lipinski definition) is 2. The number of hydrogen-bond acceptors (Lipinski definition) is 3. The van der Waals surface area contributed by atoms with Crippen molar-refractivity contribution in [1.29, 1.82) is 0 Å². The number of carbonyl (C=O) groups excluding carboxylic acids is 2. The van der Waals surface area contributed by atoms with Crippen molar-refractivity contribution >= 4 is 23.2 Å². The SMILES string of the molecule is CCC(=O)Cc1cc(NC(=O)Nc2cccc(OC)c2)ccc1C. The Morgan fingerprint density at radius 2 is 1.75 bits per heavy atom. The van der Waals surface area contributed by atoms with Crippen LogP contribution in [-0.2, 0) is 11.2 Å². The van der Waals surface area contributed by atoms with E-state index in [9.17, 15) is 9.59 Å². The van der Waals surface area contributed by atoms with Gasteiger partial charge in [0.1, 0.15) is 11.5 Å². The molecule has 0 aromatic heterocycles. The molecule has 0 fully saturated rings. The van der Waals surface area contributed by atoms with Crippen LogP contribution in [0.25, 0.3) is 0 Å². The van der Waals surface area contributed by atoms with Gasteiger partial charge in [-0.2, -0.15) is 0 Å². The van der Waals surface area contributed by atoms with Crippen LogP contribution in [0.2, 0.25) is 0 Å². The van der Waals surface area contributed by atoms with Crippen molar-refractivity contribution in [3.63, 3.8) is 0 Å². The predicted molar refractivity (Wildman–Crippen MR) is 95.8 cm³/mol. The zero-order chi connectivity index (χ0) is 17.5. The van der Waals surface area contributed by atoms with Crippen molar-refractivity contribution in [3.8, 4) is 5.75 Å². The van der Waals surface area contributed by atoms with Crippen molar-refractivity contribution in [2.75, 3.05) is 17.7 Å². The first-order valence-electron chi connectivity index (χ1n) is 7.85. The summed E-state index contributed by atoms with van der Waals surface area (Å²) in [4.78, 5) is 23.8. The summed E-state index contributed by atoms with van der Waals surface area (Å²) in [6, 6.07) is 12.3. The monoisotopic (exact) mass is 326 g/mol. The third kappa shape index (κ3) is 4.84. The normalized spacial score (nSPS) is 10.1. The van der Waals surface area contributed by atoms with Crippen LogP contribution >= 0.6 is 0 Å². The van der Waals surface area contributed by atoms with E-state index in [0.717, 1.165) is 11.1 Å². The summed E-state index contributed by atoms with van der Waals surface area (Å²) in [7, 11) is 1.57. The van der Waals surface area contributed by atoms with Gasteiger partial charge in [-0.05, 0) is 42.3 Å². The van der Waals surface area contributed by atoms with Gasteiger partial charge < -0.3 is 15.4 Å². The molecule has 0 saturated heterocycles. The molecule has 5 heteroatoms. The van der Waals surface area contributed by atoms with Crippen LogP contribution in [-0.4, -0.2) is 18.9 Å². The number of carbonyl (C=O) groups is 2. The van der Waals surface area contributed by atoms with Gasteiger partial charge in [-0.25, -0.2) is 4.79 Å². The van der Waals surface area contributed by atoms with Crippen molar-refractivity contribution in [1.82, 2.24) is 0 Å². The molecule has 2 aromatic rings. The van der Waals surface area contributed by atoms with Crippen LogP contribution in [0.4, 0.5) is 16.2 Å². The lowest BCUT2D eigenvalue weighted by molar-refractivity contribution is -0.118. The number of nitrogens with one attached hydrogen (secondary N) is 2. The second-order valence-corrected chi connectivity index (χ2v) is 5.52. The highest BCUT2D eigenvalue weighted by atomic mass is 16.5. The van der Waals surface area contributed by atoms with E-state index in [1.54, 1.807) is 31.4 Å². The highest BCUT2D eigenvalue weighted by molar-refractivity contribution is 6.00. The van der Waals surface area contributed by atoms with Gasteiger partial charge in [0, 0.05) is 30.3 Å². The fourth-order valence-corrected chi connectivity index (χ4v) is 2.27. The Morgan fingerprint density at radius 1 is 1.04 bits per heavy atom. The molecule has 2 aromatic carbocycles. The van der Waals surface area contributed by atoms with Crippen LogP contribution in [0.5, 0.6) is 5.75 Å². The van der Waals surface area contributed by atoms with E-state index in [1.165, 1.54) is 0 Å². The van der Waals surface area contributed by atoms with Gasteiger partial charge >= 0.3 is 6.03 Å². The fourth-order valence-electron chi connectivity index (χ4n) is 2.27. The summed E-state index contributed by atoms with van der Waals surface area (Å²) in [5, 5.41) is 5.54. The number of rotatable bonds is 6. The van der Waals surface area contributed by atoms with Crippen LogP contribution in [0.3, 0.4) is 0 Å². The Morgan fingerprint density at radius 3 is 2.42 bits per heavy atom. The van der Waals surface area contributed by atoms with Crippen LogP contribution in [0.1, 0.15) is 24.5 Å². The third-order valence-electron chi connectivity index (χ3n) is 3.72. The van der Waals surface area contributed by atoms with Gasteiger partial charge in [0.05, 0.1) is 7.11 Å². The first-order chi connectivity index (χ1) is 11.5. The number of urea groups is 1. The zero-order valence-corrected chi connectivity index (χ0v) is 14.2. The molecule has 0 atom stereocenters. The first-order valence-corrected chi connectivity index (χ1v) is 7.85. The molecule has 126 valence electrons. The van der Waals surface area contributed by atoms with Gasteiger partial charge in [-0.1, -0.05) is 19.1 Å². The van der Waals surface area contributed by atoms with Crippen LogP contribution in [0.15, 0.2) is 42.5 Å². The van der Waals surface area contributed by atoms with Gasteiger partial charge in [-0.15, -0.1) is 0 Å². The van der Waals surface area contributed by atoms with Crippen molar-refractivity contribution in [2.45, 2.75) is 26.7 Å². The smallest absolute Gasteiger partial charge is 0.323 e. The lowest BCUT2D eigenvalue weighted by Gasteiger charge is -2.11. The molecular formula is C19H22N2O3. The number of ketones is 1. The molecule has 0 bridgehead atoms. The Balaban J connectivity index is 2.05. The summed E-state index contributed by atoms with van der Waals surface area (Å²) in [5.74, 6) is 0.847. The van der Waals surface area contributed by atoms with E-state index >= 15 is 0 Å². The van der Waals surface area contributed by atoms with Gasteiger partial charge in [-0.3, -0.25) is 4.79 Å². The van der Waals surface area contributed by atoms with E-state index < -0.39 is 0 Å². The maximum Gasteiger partial charge on any atom is 0.323 e. The molecule has 5 nitrogen and oxygen atoms in total. The lowest BCUT2D eigenvalue weighted by Crippen LogP contribution is -2.19. The van der Waals surface area contributed by atoms with Crippen LogP contribution in [0, 0.1) is 6.92 Å². The fraction of sp³-hybridized carbons (Fsp3) is 0.263. The van der Waals surface area contributed by atoms with Gasteiger partial charge in [0.25, 0.3) is 0 Å². The highest BCUT2D eigenvalue weighted by Crippen LogP contribution is 2.19. The second kappa shape index (κ2) is 8.15. The molecule has 0 aliphatic carbocycles. The Bertz CT molecular complexity index is 741. The van der Waals surface area contributed by atoms with Crippen molar-refractivity contribution < 1.29 is 14.3 Å². The van der Waals surface area contributed by atoms with Crippen LogP contribution < -0.4 is 15.4 Å². The predicted octanol–water partition coefficient (Wildman–Crippen LogP) is 4.17. The zero-order valence-electron chi connectivity index (χ0n) is 14.2. The minimum atomic E-state index is -0.347. The summed E-state index contributed by atoms with van der Waals surface area (Å²) in [5.41, 5.74) is 3.26. The molecule has 0 aliphatic rings. The molecule has 24 heavy (non-hydrogen) atoms. The quantitative estimate of drug-likeness (QED) is 0.837. The maximum absolute atomic E-state index is 12.1. The number of aryl methyl sites for hydroxylation is 1. The number of ether oxygens (including phenoxy) is 1. The second-order valence-electron chi connectivity index (χ2n) is 5.52. The minimum Gasteiger partial charge on any atom is -0.497 e. The highest BCUT2D eigenvalue weighted by Gasteiger charge is 2.08. The molecule has 2 N–H and O–H groups in total. The standard InChI is InChI=1S/C19H22N2O3/c1-4-17(22)11-14-10-16(9-8-13(14)2)21-19(23)20-15-6-5-7-18(12-15)24-3/h5-10,12H,4,11H2,1-3H3,(H2,20,21,23). The lowest BCUT2D eigenvalue weighted by atomic mass is 10.0. The van der Waals surface area contributed by atoms with Crippen molar-refractivity contribution in [2.24, 2.45) is 0 Å². The number of amides is 2. The maximum atomic E-state index is 12.1. The van der Waals surface area contributed by atoms with E-state index in [4.69, 9.17) is 4.74 Å². The summed E-state index contributed by atoms with van der Waals surface area (Å²) >= 11 is 0. The van der Waals surface area contributed by atoms with E-state index in [0.29, 0.717) is 30.0 Å². The topological polar surface area (TPSA) is 67.4 Å². The third-order valence-corrected chi connectivity index (χ3v) is 3.72. The van der Waals surface area contributed by atoms with Crippen molar-refractivity contribution in [3.05, 3.63) is 53.6 Å². The Labute approximate surface area is 142 Å².